The van der Waals surface area contributed by atoms with Crippen LogP contribution in [0.5, 0.6) is 11.5 Å². The van der Waals surface area contributed by atoms with Crippen LogP contribution in [0.3, 0.4) is 0 Å². The van der Waals surface area contributed by atoms with Gasteiger partial charge in [0.05, 0.1) is 6.61 Å². The van der Waals surface area contributed by atoms with Gasteiger partial charge in [0.15, 0.2) is 6.61 Å². The zero-order chi connectivity index (χ0) is 21.2. The lowest BCUT2D eigenvalue weighted by atomic mass is 10.0. The van der Waals surface area contributed by atoms with Gasteiger partial charge in [0.1, 0.15) is 11.5 Å². The Hall–Kier alpha value is -3.02. The number of amides is 2. The van der Waals surface area contributed by atoms with Crippen molar-refractivity contribution in [2.45, 2.75) is 38.6 Å². The van der Waals surface area contributed by atoms with Crippen LogP contribution < -0.4 is 14.8 Å². The summed E-state index contributed by atoms with van der Waals surface area (Å²) < 4.78 is 11.2. The molecule has 1 heterocycles. The average Bonchev–Trinajstić information content (AvgIpc) is 2.77. The van der Waals surface area contributed by atoms with Gasteiger partial charge < -0.3 is 19.7 Å². The molecule has 2 aromatic carbocycles. The monoisotopic (exact) mass is 410 g/mol. The average molecular weight is 411 g/mol. The van der Waals surface area contributed by atoms with Gasteiger partial charge in [0.2, 0.25) is 5.91 Å². The number of piperidine rings is 1. The van der Waals surface area contributed by atoms with Gasteiger partial charge >= 0.3 is 0 Å². The molecule has 6 heteroatoms. The second-order valence-corrected chi connectivity index (χ2v) is 7.59. The summed E-state index contributed by atoms with van der Waals surface area (Å²) in [5.41, 5.74) is 1.15. The van der Waals surface area contributed by atoms with E-state index in [0.29, 0.717) is 38.3 Å². The Morgan fingerprint density at radius 2 is 1.63 bits per heavy atom. The van der Waals surface area contributed by atoms with E-state index in [1.807, 2.05) is 66.4 Å². The summed E-state index contributed by atoms with van der Waals surface area (Å²) in [7, 11) is 0. The molecule has 1 aliphatic heterocycles. The number of benzene rings is 2. The lowest BCUT2D eigenvalue weighted by molar-refractivity contribution is -0.132. The predicted molar refractivity (Wildman–Crippen MR) is 116 cm³/mol. The van der Waals surface area contributed by atoms with Crippen LogP contribution in [0.2, 0.25) is 0 Å². The fourth-order valence-corrected chi connectivity index (χ4v) is 3.41. The Morgan fingerprint density at radius 1 is 0.967 bits per heavy atom. The van der Waals surface area contributed by atoms with E-state index in [1.54, 1.807) is 0 Å². The van der Waals surface area contributed by atoms with Crippen molar-refractivity contribution < 1.29 is 19.1 Å². The number of aryl methyl sites for hydroxylation is 1. The Kier molecular flexibility index (Phi) is 8.12. The first-order valence-corrected chi connectivity index (χ1v) is 10.5. The van der Waals surface area contributed by atoms with Crippen LogP contribution in [-0.4, -0.2) is 49.1 Å². The molecule has 160 valence electrons. The molecule has 1 saturated heterocycles. The SMILES string of the molecule is Cc1ccc(OCC(=O)NC2CCN(C(=O)CCCOc3ccccc3)CC2)cc1. The number of hydrogen-bond acceptors (Lipinski definition) is 4. The van der Waals surface area contributed by atoms with Gasteiger partial charge in [-0.25, -0.2) is 0 Å². The van der Waals surface area contributed by atoms with Gasteiger partial charge in [-0.1, -0.05) is 35.9 Å². The van der Waals surface area contributed by atoms with E-state index in [9.17, 15) is 9.59 Å². The Balaban J connectivity index is 1.28. The van der Waals surface area contributed by atoms with Crippen LogP contribution in [0, 0.1) is 6.92 Å². The number of carbonyl (C=O) groups is 2. The van der Waals surface area contributed by atoms with Crippen LogP contribution in [0.4, 0.5) is 0 Å². The summed E-state index contributed by atoms with van der Waals surface area (Å²) in [5, 5.41) is 3.01. The third kappa shape index (κ3) is 7.10. The van der Waals surface area contributed by atoms with Gasteiger partial charge in [0, 0.05) is 25.6 Å². The van der Waals surface area contributed by atoms with E-state index >= 15 is 0 Å². The Bertz CT molecular complexity index is 800. The molecule has 0 saturated carbocycles. The Labute approximate surface area is 178 Å². The molecule has 1 N–H and O–H groups in total. The standard InChI is InChI=1S/C24H30N2O4/c1-19-9-11-22(12-10-19)30-18-23(27)25-20-13-15-26(16-14-20)24(28)8-5-17-29-21-6-3-2-4-7-21/h2-4,6-7,9-12,20H,5,8,13-18H2,1H3,(H,25,27). The van der Waals surface area contributed by atoms with Crippen molar-refractivity contribution in [3.8, 4) is 11.5 Å². The fourth-order valence-electron chi connectivity index (χ4n) is 3.41. The zero-order valence-electron chi connectivity index (χ0n) is 17.5. The first-order valence-electron chi connectivity index (χ1n) is 10.5. The lowest BCUT2D eigenvalue weighted by Crippen LogP contribution is -2.47. The number of hydrogen-bond donors (Lipinski definition) is 1. The molecule has 1 aliphatic rings. The highest BCUT2D eigenvalue weighted by Crippen LogP contribution is 2.14. The van der Waals surface area contributed by atoms with Crippen LogP contribution >= 0.6 is 0 Å². The molecule has 0 spiro atoms. The normalized spacial score (nSPS) is 14.2. The van der Waals surface area contributed by atoms with Crippen LogP contribution in [0.25, 0.3) is 0 Å². The molecule has 3 rings (SSSR count). The summed E-state index contributed by atoms with van der Waals surface area (Å²) in [6.45, 7) is 3.88. The van der Waals surface area contributed by atoms with Gasteiger partial charge in [-0.15, -0.1) is 0 Å². The van der Waals surface area contributed by atoms with Crippen molar-refractivity contribution in [2.75, 3.05) is 26.3 Å². The summed E-state index contributed by atoms with van der Waals surface area (Å²) in [4.78, 5) is 26.4. The highest BCUT2D eigenvalue weighted by Gasteiger charge is 2.23. The number of nitrogens with one attached hydrogen (secondary N) is 1. The molecule has 1 fully saturated rings. The minimum atomic E-state index is -0.126. The predicted octanol–water partition coefficient (Wildman–Crippen LogP) is 3.34. The van der Waals surface area contributed by atoms with Crippen molar-refractivity contribution in [3.05, 3.63) is 60.2 Å². The Morgan fingerprint density at radius 3 is 2.33 bits per heavy atom. The minimum absolute atomic E-state index is 0.00359. The van der Waals surface area contributed by atoms with Crippen molar-refractivity contribution >= 4 is 11.8 Å². The molecule has 0 bridgehead atoms. The van der Waals surface area contributed by atoms with Crippen LogP contribution in [0.15, 0.2) is 54.6 Å². The van der Waals surface area contributed by atoms with Crippen molar-refractivity contribution in [3.63, 3.8) is 0 Å². The second-order valence-electron chi connectivity index (χ2n) is 7.59. The van der Waals surface area contributed by atoms with Crippen molar-refractivity contribution in [1.82, 2.24) is 10.2 Å². The topological polar surface area (TPSA) is 67.9 Å². The largest absolute Gasteiger partial charge is 0.494 e. The highest BCUT2D eigenvalue weighted by atomic mass is 16.5. The van der Waals surface area contributed by atoms with Gasteiger partial charge in [0.25, 0.3) is 5.91 Å². The number of rotatable bonds is 9. The third-order valence-corrected chi connectivity index (χ3v) is 5.15. The smallest absolute Gasteiger partial charge is 0.258 e. The fraction of sp³-hybridized carbons (Fsp3) is 0.417. The molecule has 0 unspecified atom stereocenters. The first-order chi connectivity index (χ1) is 14.6. The number of para-hydroxylation sites is 1. The van der Waals surface area contributed by atoms with Crippen LogP contribution in [-0.2, 0) is 9.59 Å². The minimum Gasteiger partial charge on any atom is -0.494 e. The zero-order valence-corrected chi connectivity index (χ0v) is 17.5. The van der Waals surface area contributed by atoms with E-state index in [-0.39, 0.29) is 24.5 Å². The van der Waals surface area contributed by atoms with Gasteiger partial charge in [-0.05, 0) is 50.5 Å². The van der Waals surface area contributed by atoms with Gasteiger partial charge in [-0.3, -0.25) is 9.59 Å². The number of likely N-dealkylation sites (tertiary alicyclic amines) is 1. The third-order valence-electron chi connectivity index (χ3n) is 5.15. The van der Waals surface area contributed by atoms with E-state index in [0.717, 1.165) is 24.2 Å². The quantitative estimate of drug-likeness (QED) is 0.644. The molecule has 6 nitrogen and oxygen atoms in total. The summed E-state index contributed by atoms with van der Waals surface area (Å²) >= 11 is 0. The molecular formula is C24H30N2O4. The lowest BCUT2D eigenvalue weighted by Gasteiger charge is -2.32. The maximum atomic E-state index is 12.4. The molecule has 0 aliphatic carbocycles. The molecule has 0 atom stereocenters. The van der Waals surface area contributed by atoms with Crippen molar-refractivity contribution in [2.24, 2.45) is 0 Å². The summed E-state index contributed by atoms with van der Waals surface area (Å²) in [5.74, 6) is 1.54. The molecule has 2 aromatic rings. The van der Waals surface area contributed by atoms with E-state index in [2.05, 4.69) is 5.32 Å². The molecule has 0 radical (unpaired) electrons. The van der Waals surface area contributed by atoms with E-state index < -0.39 is 0 Å². The molecule has 0 aromatic heterocycles. The first kappa shape index (κ1) is 21.7. The number of nitrogens with zero attached hydrogens (tertiary/aromatic N) is 1. The maximum absolute atomic E-state index is 12.4. The number of ether oxygens (including phenoxy) is 2. The van der Waals surface area contributed by atoms with E-state index in [1.165, 1.54) is 0 Å². The second kappa shape index (κ2) is 11.2. The van der Waals surface area contributed by atoms with Gasteiger partial charge in [-0.2, -0.15) is 0 Å². The van der Waals surface area contributed by atoms with Crippen LogP contribution in [0.1, 0.15) is 31.2 Å². The molecule has 2 amide bonds. The highest BCUT2D eigenvalue weighted by molar-refractivity contribution is 5.78. The van der Waals surface area contributed by atoms with Crippen molar-refractivity contribution in [1.29, 1.82) is 0 Å². The van der Waals surface area contributed by atoms with E-state index in [4.69, 9.17) is 9.47 Å². The summed E-state index contributed by atoms with van der Waals surface area (Å²) in [6.07, 6.45) is 2.71. The summed E-state index contributed by atoms with van der Waals surface area (Å²) in [6, 6.07) is 17.3. The number of carbonyl (C=O) groups excluding carboxylic acids is 2. The maximum Gasteiger partial charge on any atom is 0.258 e. The molecule has 30 heavy (non-hydrogen) atoms. The molecular weight excluding hydrogens is 380 g/mol.